The topological polar surface area (TPSA) is 48.1 Å². The predicted octanol–water partition coefficient (Wildman–Crippen LogP) is 3.47. The fraction of sp³-hybridized carbons (Fsp3) is 0.526. The molecular formula is C19H27N3O. The molecule has 1 amide bonds. The smallest absolute Gasteiger partial charge is 0.223 e. The first-order valence-corrected chi connectivity index (χ1v) is 8.66. The summed E-state index contributed by atoms with van der Waals surface area (Å²) in [6.07, 6.45) is 3.88. The molecule has 3 rings (SSSR count). The summed E-state index contributed by atoms with van der Waals surface area (Å²) in [5.74, 6) is 0.360. The molecule has 4 nitrogen and oxygen atoms in total. The van der Waals surface area contributed by atoms with E-state index in [9.17, 15) is 4.79 Å². The lowest BCUT2D eigenvalue weighted by Crippen LogP contribution is -2.43. The molecule has 2 heterocycles. The number of nitrogens with zero attached hydrogens (tertiary/aromatic N) is 1. The first-order valence-electron chi connectivity index (χ1n) is 8.66. The minimum Gasteiger partial charge on any atom is -0.361 e. The van der Waals surface area contributed by atoms with Gasteiger partial charge in [-0.25, -0.2) is 0 Å². The summed E-state index contributed by atoms with van der Waals surface area (Å²) in [6, 6.07) is 9.00. The molecule has 0 radical (unpaired) electrons. The molecule has 4 heteroatoms. The number of aromatic nitrogens is 1. The van der Waals surface area contributed by atoms with Crippen LogP contribution >= 0.6 is 0 Å². The van der Waals surface area contributed by atoms with Crippen molar-refractivity contribution >= 4 is 16.8 Å². The molecule has 1 aromatic carbocycles. The van der Waals surface area contributed by atoms with Crippen LogP contribution < -0.4 is 5.32 Å². The molecule has 1 aromatic heterocycles. The molecule has 23 heavy (non-hydrogen) atoms. The molecular weight excluding hydrogens is 286 g/mol. The van der Waals surface area contributed by atoms with Crippen molar-refractivity contribution in [2.24, 2.45) is 5.92 Å². The van der Waals surface area contributed by atoms with E-state index in [-0.39, 0.29) is 17.9 Å². The van der Waals surface area contributed by atoms with Crippen molar-refractivity contribution in [3.63, 3.8) is 0 Å². The summed E-state index contributed by atoms with van der Waals surface area (Å²) >= 11 is 0. The van der Waals surface area contributed by atoms with Crippen LogP contribution in [0.3, 0.4) is 0 Å². The van der Waals surface area contributed by atoms with Crippen molar-refractivity contribution in [1.82, 2.24) is 15.2 Å². The van der Waals surface area contributed by atoms with E-state index < -0.39 is 0 Å². The Hall–Kier alpha value is -1.81. The molecule has 0 unspecified atom stereocenters. The van der Waals surface area contributed by atoms with Crippen molar-refractivity contribution in [2.75, 3.05) is 13.1 Å². The normalized spacial score (nSPS) is 18.4. The van der Waals surface area contributed by atoms with Gasteiger partial charge in [-0.05, 0) is 75.9 Å². The Bertz CT molecular complexity index is 668. The van der Waals surface area contributed by atoms with Crippen molar-refractivity contribution in [1.29, 1.82) is 0 Å². The van der Waals surface area contributed by atoms with Crippen LogP contribution in [0, 0.1) is 5.92 Å². The SMILES string of the molecule is CC(C)N1CCC(C(=O)N[C@@H](C)c2ccc3[nH]ccc3c2)CC1. The fourth-order valence-corrected chi connectivity index (χ4v) is 3.43. The summed E-state index contributed by atoms with van der Waals surface area (Å²) in [7, 11) is 0. The van der Waals surface area contributed by atoms with E-state index in [2.05, 4.69) is 60.2 Å². The van der Waals surface area contributed by atoms with E-state index in [1.54, 1.807) is 0 Å². The number of aromatic amines is 1. The van der Waals surface area contributed by atoms with Gasteiger partial charge >= 0.3 is 0 Å². The molecule has 1 aliphatic heterocycles. The maximum atomic E-state index is 12.5. The van der Waals surface area contributed by atoms with Crippen LogP contribution in [0.5, 0.6) is 0 Å². The summed E-state index contributed by atoms with van der Waals surface area (Å²) in [5.41, 5.74) is 2.29. The average Bonchev–Trinajstić information content (AvgIpc) is 3.02. The molecule has 1 fully saturated rings. The second kappa shape index (κ2) is 6.75. The van der Waals surface area contributed by atoms with Gasteiger partial charge in [-0.2, -0.15) is 0 Å². The highest BCUT2D eigenvalue weighted by Gasteiger charge is 2.26. The van der Waals surface area contributed by atoms with Gasteiger partial charge in [0.15, 0.2) is 0 Å². The van der Waals surface area contributed by atoms with Crippen molar-refractivity contribution in [2.45, 2.75) is 45.7 Å². The Labute approximate surface area is 138 Å². The van der Waals surface area contributed by atoms with Gasteiger partial charge in [-0.1, -0.05) is 6.07 Å². The van der Waals surface area contributed by atoms with Crippen LogP contribution in [0.4, 0.5) is 0 Å². The molecule has 0 spiro atoms. The summed E-state index contributed by atoms with van der Waals surface area (Å²) in [4.78, 5) is 18.2. The molecule has 0 saturated carbocycles. The number of hydrogen-bond donors (Lipinski definition) is 2. The lowest BCUT2D eigenvalue weighted by atomic mass is 9.94. The highest BCUT2D eigenvalue weighted by molar-refractivity contribution is 5.81. The molecule has 1 atom stereocenters. The second-order valence-corrected chi connectivity index (χ2v) is 6.96. The third kappa shape index (κ3) is 3.58. The van der Waals surface area contributed by atoms with Crippen LogP contribution in [0.25, 0.3) is 10.9 Å². The third-order valence-electron chi connectivity index (χ3n) is 5.07. The molecule has 0 aliphatic carbocycles. The number of benzene rings is 1. The van der Waals surface area contributed by atoms with Crippen molar-refractivity contribution in [3.05, 3.63) is 36.0 Å². The number of amides is 1. The molecule has 1 saturated heterocycles. The number of likely N-dealkylation sites (tertiary alicyclic amines) is 1. The maximum absolute atomic E-state index is 12.5. The second-order valence-electron chi connectivity index (χ2n) is 6.96. The number of piperidine rings is 1. The Kier molecular flexibility index (Phi) is 4.71. The lowest BCUT2D eigenvalue weighted by molar-refractivity contribution is -0.127. The van der Waals surface area contributed by atoms with Crippen LogP contribution in [0.1, 0.15) is 45.2 Å². The summed E-state index contributed by atoms with van der Waals surface area (Å²) in [5, 5.41) is 4.39. The third-order valence-corrected chi connectivity index (χ3v) is 5.07. The zero-order valence-electron chi connectivity index (χ0n) is 14.3. The van der Waals surface area contributed by atoms with Gasteiger partial charge in [0.2, 0.25) is 5.91 Å². The number of H-pyrrole nitrogens is 1. The summed E-state index contributed by atoms with van der Waals surface area (Å²) in [6.45, 7) is 8.56. The number of carbonyl (C=O) groups is 1. The molecule has 124 valence electrons. The van der Waals surface area contributed by atoms with Gasteiger partial charge in [0.1, 0.15) is 0 Å². The van der Waals surface area contributed by atoms with Crippen LogP contribution in [0.15, 0.2) is 30.5 Å². The van der Waals surface area contributed by atoms with Crippen LogP contribution in [-0.2, 0) is 4.79 Å². The Morgan fingerprint density at radius 1 is 1.22 bits per heavy atom. The number of nitrogens with one attached hydrogen (secondary N) is 2. The van der Waals surface area contributed by atoms with E-state index in [4.69, 9.17) is 0 Å². The van der Waals surface area contributed by atoms with Crippen molar-refractivity contribution < 1.29 is 4.79 Å². The largest absolute Gasteiger partial charge is 0.361 e. The van der Waals surface area contributed by atoms with Crippen molar-refractivity contribution in [3.8, 4) is 0 Å². The van der Waals surface area contributed by atoms with Gasteiger partial charge < -0.3 is 15.2 Å². The van der Waals surface area contributed by atoms with E-state index in [0.717, 1.165) is 37.0 Å². The number of hydrogen-bond acceptors (Lipinski definition) is 2. The maximum Gasteiger partial charge on any atom is 0.223 e. The summed E-state index contributed by atoms with van der Waals surface area (Å²) < 4.78 is 0. The number of rotatable bonds is 4. The fourth-order valence-electron chi connectivity index (χ4n) is 3.43. The van der Waals surface area contributed by atoms with Crippen LogP contribution in [-0.4, -0.2) is 34.9 Å². The first-order chi connectivity index (χ1) is 11.0. The van der Waals surface area contributed by atoms with Crippen LogP contribution in [0.2, 0.25) is 0 Å². The zero-order valence-corrected chi connectivity index (χ0v) is 14.3. The van der Waals surface area contributed by atoms with Gasteiger partial charge in [-0.15, -0.1) is 0 Å². The minimum absolute atomic E-state index is 0.0462. The minimum atomic E-state index is 0.0462. The Balaban J connectivity index is 1.59. The van der Waals surface area contributed by atoms with Gasteiger partial charge in [0, 0.05) is 23.7 Å². The number of carbonyl (C=O) groups excluding carboxylic acids is 1. The first kappa shape index (κ1) is 16.1. The number of fused-ring (bicyclic) bond motifs is 1. The molecule has 2 aromatic rings. The highest BCUT2D eigenvalue weighted by Crippen LogP contribution is 2.22. The molecule has 1 aliphatic rings. The standard InChI is InChI=1S/C19H27N3O/c1-13(2)22-10-7-15(8-11-22)19(23)21-14(3)16-4-5-18-17(12-16)6-9-20-18/h4-6,9,12-15,20H,7-8,10-11H2,1-3H3,(H,21,23)/t14-/m0/s1. The lowest BCUT2D eigenvalue weighted by Gasteiger charge is -2.34. The molecule has 0 bridgehead atoms. The van der Waals surface area contributed by atoms with Gasteiger partial charge in [0.05, 0.1) is 6.04 Å². The van der Waals surface area contributed by atoms with E-state index in [0.29, 0.717) is 6.04 Å². The predicted molar refractivity (Wildman–Crippen MR) is 94.3 cm³/mol. The molecule has 2 N–H and O–H groups in total. The van der Waals surface area contributed by atoms with E-state index in [1.807, 2.05) is 6.20 Å². The van der Waals surface area contributed by atoms with Gasteiger partial charge in [-0.3, -0.25) is 4.79 Å². The van der Waals surface area contributed by atoms with Gasteiger partial charge in [0.25, 0.3) is 0 Å². The highest BCUT2D eigenvalue weighted by atomic mass is 16.1. The quantitative estimate of drug-likeness (QED) is 0.908. The average molecular weight is 313 g/mol. The van der Waals surface area contributed by atoms with E-state index >= 15 is 0 Å². The monoisotopic (exact) mass is 313 g/mol. The zero-order chi connectivity index (χ0) is 16.4. The van der Waals surface area contributed by atoms with E-state index in [1.165, 1.54) is 5.39 Å². The Morgan fingerprint density at radius 2 is 1.96 bits per heavy atom. The Morgan fingerprint density at radius 3 is 2.65 bits per heavy atom.